The highest BCUT2D eigenvalue weighted by atomic mass is 19.1. The highest BCUT2D eigenvalue weighted by molar-refractivity contribution is 5.96. The Balaban J connectivity index is 0.00000400. The minimum absolute atomic E-state index is 0. The maximum atomic E-state index is 14.5. The number of nitrogens with zero attached hydrogens (tertiary/aromatic N) is 5. The Morgan fingerprint density at radius 2 is 1.95 bits per heavy atom. The van der Waals surface area contributed by atoms with Crippen molar-refractivity contribution in [3.8, 4) is 5.75 Å². The van der Waals surface area contributed by atoms with E-state index in [2.05, 4.69) is 55.0 Å². The van der Waals surface area contributed by atoms with Gasteiger partial charge in [-0.25, -0.2) is 14.4 Å². The van der Waals surface area contributed by atoms with Gasteiger partial charge < -0.3 is 19.9 Å². The van der Waals surface area contributed by atoms with Crippen LogP contribution in [0, 0.1) is 29.0 Å². The number of anilines is 1. The van der Waals surface area contributed by atoms with Gasteiger partial charge in [0, 0.05) is 38.9 Å². The summed E-state index contributed by atoms with van der Waals surface area (Å²) in [4.78, 5) is 28.1. The molecule has 1 N–H and O–H groups in total. The Labute approximate surface area is 261 Å². The Morgan fingerprint density at radius 3 is 2.61 bits per heavy atom. The van der Waals surface area contributed by atoms with Crippen molar-refractivity contribution in [1.82, 2.24) is 19.4 Å². The second-order valence-electron chi connectivity index (χ2n) is 14.0. The molecule has 2 bridgehead atoms. The molecule has 3 aromatic rings. The topological polar surface area (TPSA) is 75.0 Å². The van der Waals surface area contributed by atoms with E-state index in [4.69, 9.17) is 9.73 Å². The van der Waals surface area contributed by atoms with Crippen molar-refractivity contribution < 1.29 is 10.6 Å². The second kappa shape index (κ2) is 12.1. The van der Waals surface area contributed by atoms with E-state index >= 15 is 0 Å². The molecule has 9 heteroatoms. The molecule has 3 aliphatic carbocycles. The lowest BCUT2D eigenvalue weighted by Gasteiger charge is -2.61. The predicted molar refractivity (Wildman–Crippen MR) is 177 cm³/mol. The van der Waals surface area contributed by atoms with E-state index in [1.165, 1.54) is 19.6 Å². The zero-order chi connectivity index (χ0) is 31.2. The van der Waals surface area contributed by atoms with Crippen molar-refractivity contribution in [2.75, 3.05) is 39.6 Å². The number of guanidine groups is 1. The first-order valence-electron chi connectivity index (χ1n) is 16.1. The number of ether oxygens (including phenoxy) is 1. The molecule has 4 aliphatic rings. The SMILES string of the molecule is COc1ccc(CCn2cnc3cc(NC(=NC4C[C@@H]5C[C@H]([C@@H]4C)C5(C)C)N4CCC(N(C)C)CC4)ccc3c2=O)c(F)c1.[HH]. The van der Waals surface area contributed by atoms with Gasteiger partial charge >= 0.3 is 0 Å². The Morgan fingerprint density at radius 1 is 1.18 bits per heavy atom. The average molecular weight is 605 g/mol. The first kappa shape index (κ1) is 30.6. The molecule has 2 heterocycles. The van der Waals surface area contributed by atoms with E-state index in [9.17, 15) is 9.18 Å². The van der Waals surface area contributed by atoms with E-state index in [1.807, 2.05) is 18.2 Å². The zero-order valence-corrected chi connectivity index (χ0v) is 27.0. The van der Waals surface area contributed by atoms with Crippen LogP contribution < -0.4 is 15.6 Å². The van der Waals surface area contributed by atoms with E-state index in [-0.39, 0.29) is 12.8 Å². The van der Waals surface area contributed by atoms with Crippen molar-refractivity contribution in [2.24, 2.45) is 28.2 Å². The molecule has 44 heavy (non-hydrogen) atoms. The summed E-state index contributed by atoms with van der Waals surface area (Å²) in [5, 5.41) is 4.20. The number of methoxy groups -OCH3 is 1. The zero-order valence-electron chi connectivity index (χ0n) is 27.0. The summed E-state index contributed by atoms with van der Waals surface area (Å²) < 4.78 is 21.1. The maximum Gasteiger partial charge on any atom is 0.261 e. The molecule has 8 nitrogen and oxygen atoms in total. The van der Waals surface area contributed by atoms with Crippen LogP contribution in [0.1, 0.15) is 53.4 Å². The smallest absolute Gasteiger partial charge is 0.261 e. The number of hydrogen-bond acceptors (Lipinski definition) is 5. The average Bonchev–Trinajstić information content (AvgIpc) is 3.01. The van der Waals surface area contributed by atoms with Crippen LogP contribution in [0.3, 0.4) is 0 Å². The van der Waals surface area contributed by atoms with Gasteiger partial charge in [0.05, 0.1) is 30.4 Å². The van der Waals surface area contributed by atoms with Crippen LogP contribution in [0.5, 0.6) is 5.75 Å². The summed E-state index contributed by atoms with van der Waals surface area (Å²) in [5.74, 6) is 3.09. The number of aryl methyl sites for hydroxylation is 2. The van der Waals surface area contributed by atoms with E-state index in [1.54, 1.807) is 23.0 Å². The number of likely N-dealkylation sites (tertiary alicyclic amines) is 1. The third-order valence-electron chi connectivity index (χ3n) is 11.1. The molecule has 0 amide bonds. The highest BCUT2D eigenvalue weighted by Crippen LogP contribution is 2.61. The lowest BCUT2D eigenvalue weighted by atomic mass is 9.45. The molecule has 7 rings (SSSR count). The number of halogens is 1. The highest BCUT2D eigenvalue weighted by Gasteiger charge is 2.56. The summed E-state index contributed by atoms with van der Waals surface area (Å²) in [7, 11) is 5.84. The fourth-order valence-electron chi connectivity index (χ4n) is 7.86. The molecular weight excluding hydrogens is 555 g/mol. The standard InChI is InChI=1S/C35H47FN6O2.H2/c1-22-29-17-24(35(29,2)3)18-31(22)39-34(41-15-12-26(13-16-41)40(4)5)38-25-8-10-28-32(19-25)37-21-42(33(28)43)14-11-23-7-9-27(44-6)20-30(23)36;/h7-10,19-22,24,26,29,31H,11-18H2,1-6H3,(H,38,39);1H/t22-,24-,29+,31?;/m0./s1. The number of rotatable bonds is 7. The van der Waals surface area contributed by atoms with Gasteiger partial charge in [-0.05, 0) is 99.2 Å². The Hall–Kier alpha value is -3.46. The second-order valence-corrected chi connectivity index (χ2v) is 14.0. The number of fused-ring (bicyclic) bond motifs is 3. The van der Waals surface area contributed by atoms with Gasteiger partial charge in [0.2, 0.25) is 0 Å². The number of nitrogens with one attached hydrogen (secondary N) is 1. The first-order valence-corrected chi connectivity index (χ1v) is 16.1. The molecule has 238 valence electrons. The van der Waals surface area contributed by atoms with Gasteiger partial charge in [-0.1, -0.05) is 26.8 Å². The number of aromatic nitrogens is 2. The Kier molecular flexibility index (Phi) is 8.44. The molecule has 1 unspecified atom stereocenters. The van der Waals surface area contributed by atoms with Crippen molar-refractivity contribution in [3.63, 3.8) is 0 Å². The van der Waals surface area contributed by atoms with Crippen molar-refractivity contribution in [2.45, 2.75) is 71.5 Å². The minimum Gasteiger partial charge on any atom is -0.497 e. The Bertz CT molecular complexity index is 1600. The number of piperidine rings is 1. The van der Waals surface area contributed by atoms with Crippen LogP contribution in [0.4, 0.5) is 10.1 Å². The van der Waals surface area contributed by atoms with E-state index < -0.39 is 0 Å². The molecule has 0 spiro atoms. The summed E-state index contributed by atoms with van der Waals surface area (Å²) in [6.07, 6.45) is 6.63. The first-order chi connectivity index (χ1) is 21.0. The lowest BCUT2D eigenvalue weighted by molar-refractivity contribution is -0.108. The third-order valence-corrected chi connectivity index (χ3v) is 11.1. The molecule has 1 aromatic heterocycles. The third kappa shape index (κ3) is 5.83. The fourth-order valence-corrected chi connectivity index (χ4v) is 7.86. The summed E-state index contributed by atoms with van der Waals surface area (Å²) >= 11 is 0. The molecule has 4 atom stereocenters. The molecule has 0 radical (unpaired) electrons. The van der Waals surface area contributed by atoms with Gasteiger partial charge in [0.1, 0.15) is 11.6 Å². The molecule has 1 saturated heterocycles. The van der Waals surface area contributed by atoms with Crippen LogP contribution in [-0.4, -0.2) is 71.7 Å². The van der Waals surface area contributed by atoms with Gasteiger partial charge in [-0.15, -0.1) is 0 Å². The number of benzene rings is 2. The van der Waals surface area contributed by atoms with Crippen LogP contribution in [0.15, 0.2) is 52.5 Å². The van der Waals surface area contributed by atoms with Gasteiger partial charge in [0.25, 0.3) is 5.56 Å². The maximum absolute atomic E-state index is 14.5. The number of hydrogen-bond donors (Lipinski definition) is 1. The minimum atomic E-state index is -0.339. The molecule has 2 aromatic carbocycles. The van der Waals surface area contributed by atoms with Gasteiger partial charge in [-0.2, -0.15) is 0 Å². The van der Waals surface area contributed by atoms with Crippen molar-refractivity contribution in [3.05, 3.63) is 64.5 Å². The van der Waals surface area contributed by atoms with Crippen molar-refractivity contribution in [1.29, 1.82) is 0 Å². The van der Waals surface area contributed by atoms with Crippen LogP contribution in [0.2, 0.25) is 0 Å². The van der Waals surface area contributed by atoms with E-state index in [0.717, 1.165) is 55.8 Å². The number of aliphatic imine (C=N–C) groups is 1. The summed E-state index contributed by atoms with van der Waals surface area (Å²) in [6.45, 7) is 9.50. The van der Waals surface area contributed by atoms with Gasteiger partial charge in [0.15, 0.2) is 5.96 Å². The summed E-state index contributed by atoms with van der Waals surface area (Å²) in [6, 6.07) is 11.4. The molecule has 4 fully saturated rings. The normalized spacial score (nSPS) is 25.3. The predicted octanol–water partition coefficient (Wildman–Crippen LogP) is 5.90. The van der Waals surface area contributed by atoms with Crippen LogP contribution >= 0.6 is 0 Å². The molecular formula is C35H49FN6O2. The van der Waals surface area contributed by atoms with Gasteiger partial charge in [-0.3, -0.25) is 9.36 Å². The van der Waals surface area contributed by atoms with Crippen LogP contribution in [-0.2, 0) is 13.0 Å². The molecule has 1 aliphatic heterocycles. The van der Waals surface area contributed by atoms with Crippen LogP contribution in [0.25, 0.3) is 10.9 Å². The monoisotopic (exact) mass is 604 g/mol. The molecule has 3 saturated carbocycles. The lowest BCUT2D eigenvalue weighted by Crippen LogP contribution is -2.57. The quantitative estimate of drug-likeness (QED) is 0.268. The van der Waals surface area contributed by atoms with E-state index in [0.29, 0.717) is 58.6 Å². The van der Waals surface area contributed by atoms with Crippen molar-refractivity contribution >= 4 is 22.5 Å². The fraction of sp³-hybridized carbons (Fsp3) is 0.571. The largest absolute Gasteiger partial charge is 0.497 e. The summed E-state index contributed by atoms with van der Waals surface area (Å²) in [5.41, 5.74) is 2.33.